The van der Waals surface area contributed by atoms with Gasteiger partial charge in [0.1, 0.15) is 0 Å². The third-order valence-corrected chi connectivity index (χ3v) is 4.25. The number of benzene rings is 2. The van der Waals surface area contributed by atoms with Crippen LogP contribution in [0.1, 0.15) is 24.0 Å². The molecule has 0 heterocycles. The Morgan fingerprint density at radius 2 is 1.28 bits per heavy atom. The molecule has 0 aromatic heterocycles. The molecule has 1 aliphatic carbocycles. The minimum absolute atomic E-state index is 0.218. The van der Waals surface area contributed by atoms with E-state index in [0.717, 1.165) is 0 Å². The Morgan fingerprint density at radius 1 is 0.833 bits per heavy atom. The van der Waals surface area contributed by atoms with Crippen molar-refractivity contribution in [2.24, 2.45) is 0 Å². The Kier molecular flexibility index (Phi) is 2.92. The molecule has 0 aliphatic heterocycles. The third kappa shape index (κ3) is 1.75. The third-order valence-electron chi connectivity index (χ3n) is 4.25. The molecular formula is C17H19N. The van der Waals surface area contributed by atoms with Crippen LogP contribution in [-0.2, 0) is 5.41 Å². The second-order valence-electron chi connectivity index (χ2n) is 5.21. The van der Waals surface area contributed by atoms with Gasteiger partial charge < -0.3 is 5.32 Å². The maximum absolute atomic E-state index is 3.40. The summed E-state index contributed by atoms with van der Waals surface area (Å²) in [5.74, 6) is 0. The molecule has 1 fully saturated rings. The average molecular weight is 237 g/mol. The van der Waals surface area contributed by atoms with E-state index in [1.54, 1.807) is 0 Å². The molecule has 18 heavy (non-hydrogen) atoms. The normalized spacial score (nSPS) is 18.3. The summed E-state index contributed by atoms with van der Waals surface area (Å²) in [4.78, 5) is 0. The van der Waals surface area contributed by atoms with Crippen LogP contribution in [0.25, 0.3) is 0 Å². The Morgan fingerprint density at radius 3 is 1.67 bits per heavy atom. The first-order chi connectivity index (χ1) is 8.85. The molecule has 1 nitrogen and oxygen atoms in total. The molecule has 0 amide bonds. The summed E-state index contributed by atoms with van der Waals surface area (Å²) >= 11 is 0. The first-order valence-electron chi connectivity index (χ1n) is 6.63. The molecular weight excluding hydrogens is 218 g/mol. The zero-order valence-corrected chi connectivity index (χ0v) is 10.8. The summed E-state index contributed by atoms with van der Waals surface area (Å²) < 4.78 is 0. The molecule has 92 valence electrons. The first-order valence-corrected chi connectivity index (χ1v) is 6.63. The number of nitrogens with one attached hydrogen (secondary N) is 1. The van der Waals surface area contributed by atoms with Crippen LogP contribution in [0.3, 0.4) is 0 Å². The fourth-order valence-electron chi connectivity index (χ4n) is 3.14. The Balaban J connectivity index is 2.02. The maximum Gasteiger partial charge on any atom is 0.0232 e. The van der Waals surface area contributed by atoms with Crippen molar-refractivity contribution in [3.63, 3.8) is 0 Å². The van der Waals surface area contributed by atoms with Gasteiger partial charge in [-0.2, -0.15) is 0 Å². The highest BCUT2D eigenvalue weighted by atomic mass is 14.9. The van der Waals surface area contributed by atoms with Gasteiger partial charge in [-0.15, -0.1) is 0 Å². The molecule has 1 N–H and O–H groups in total. The van der Waals surface area contributed by atoms with Crippen molar-refractivity contribution < 1.29 is 0 Å². The van der Waals surface area contributed by atoms with Gasteiger partial charge in [-0.25, -0.2) is 0 Å². The summed E-state index contributed by atoms with van der Waals surface area (Å²) in [6.07, 6.45) is 2.38. The Hall–Kier alpha value is -1.60. The second kappa shape index (κ2) is 4.58. The molecule has 0 radical (unpaired) electrons. The molecule has 1 heteroatoms. The quantitative estimate of drug-likeness (QED) is 0.863. The van der Waals surface area contributed by atoms with Gasteiger partial charge >= 0.3 is 0 Å². The fraction of sp³-hybridized carbons (Fsp3) is 0.294. The lowest BCUT2D eigenvalue weighted by molar-refractivity contribution is 0.221. The maximum atomic E-state index is 3.40. The largest absolute Gasteiger partial charge is 0.317 e. The lowest BCUT2D eigenvalue weighted by Gasteiger charge is -2.49. The highest BCUT2D eigenvalue weighted by molar-refractivity contribution is 5.43. The number of hydrogen-bond acceptors (Lipinski definition) is 1. The first kappa shape index (κ1) is 11.5. The van der Waals surface area contributed by atoms with Crippen molar-refractivity contribution in [1.29, 1.82) is 0 Å². The van der Waals surface area contributed by atoms with Crippen molar-refractivity contribution in [3.8, 4) is 0 Å². The Labute approximate surface area is 109 Å². The van der Waals surface area contributed by atoms with E-state index in [1.165, 1.54) is 24.0 Å². The van der Waals surface area contributed by atoms with Gasteiger partial charge in [-0.3, -0.25) is 0 Å². The van der Waals surface area contributed by atoms with Crippen molar-refractivity contribution >= 4 is 0 Å². The van der Waals surface area contributed by atoms with Gasteiger partial charge in [-0.05, 0) is 31.0 Å². The van der Waals surface area contributed by atoms with Crippen molar-refractivity contribution in [3.05, 3.63) is 71.8 Å². The van der Waals surface area contributed by atoms with Gasteiger partial charge in [0, 0.05) is 11.5 Å². The summed E-state index contributed by atoms with van der Waals surface area (Å²) in [5, 5.41) is 3.40. The van der Waals surface area contributed by atoms with Gasteiger partial charge in [0.05, 0.1) is 0 Å². The minimum Gasteiger partial charge on any atom is -0.317 e. The van der Waals surface area contributed by atoms with E-state index in [-0.39, 0.29) is 5.41 Å². The van der Waals surface area contributed by atoms with Gasteiger partial charge in [-0.1, -0.05) is 60.7 Å². The number of rotatable bonds is 3. The molecule has 0 bridgehead atoms. The molecule has 2 aromatic rings. The van der Waals surface area contributed by atoms with E-state index in [4.69, 9.17) is 0 Å². The van der Waals surface area contributed by atoms with Gasteiger partial charge in [0.2, 0.25) is 0 Å². The lowest BCUT2D eigenvalue weighted by Crippen LogP contribution is -2.51. The highest BCUT2D eigenvalue weighted by Crippen LogP contribution is 2.48. The standard InChI is InChI=1S/C17H19N/c1-18-16-12-17(13-16,14-8-4-2-5-9-14)15-10-6-3-7-11-15/h2-11,16,18H,12-13H2,1H3. The molecule has 2 aromatic carbocycles. The summed E-state index contributed by atoms with van der Waals surface area (Å²) in [6, 6.07) is 22.5. The minimum atomic E-state index is 0.218. The number of hydrogen-bond donors (Lipinski definition) is 1. The van der Waals surface area contributed by atoms with Crippen LogP contribution in [0, 0.1) is 0 Å². The highest BCUT2D eigenvalue weighted by Gasteiger charge is 2.45. The van der Waals surface area contributed by atoms with E-state index >= 15 is 0 Å². The predicted molar refractivity (Wildman–Crippen MR) is 75.7 cm³/mol. The fourth-order valence-corrected chi connectivity index (χ4v) is 3.14. The topological polar surface area (TPSA) is 12.0 Å². The van der Waals surface area contributed by atoms with Crippen molar-refractivity contribution in [1.82, 2.24) is 5.32 Å². The van der Waals surface area contributed by atoms with Crippen LogP contribution in [-0.4, -0.2) is 13.1 Å². The van der Waals surface area contributed by atoms with Crippen LogP contribution < -0.4 is 5.32 Å². The molecule has 0 atom stereocenters. The summed E-state index contributed by atoms with van der Waals surface area (Å²) in [6.45, 7) is 0. The van der Waals surface area contributed by atoms with Gasteiger partial charge in [0.25, 0.3) is 0 Å². The SMILES string of the molecule is CNC1CC(c2ccccc2)(c2ccccc2)C1. The van der Waals surface area contributed by atoms with Crippen molar-refractivity contribution in [2.75, 3.05) is 7.05 Å². The molecule has 1 saturated carbocycles. The second-order valence-corrected chi connectivity index (χ2v) is 5.21. The monoisotopic (exact) mass is 237 g/mol. The van der Waals surface area contributed by atoms with E-state index in [1.807, 2.05) is 0 Å². The van der Waals surface area contributed by atoms with Crippen LogP contribution >= 0.6 is 0 Å². The van der Waals surface area contributed by atoms with Gasteiger partial charge in [0.15, 0.2) is 0 Å². The molecule has 0 unspecified atom stereocenters. The molecule has 1 aliphatic rings. The van der Waals surface area contributed by atoms with E-state index in [0.29, 0.717) is 6.04 Å². The van der Waals surface area contributed by atoms with E-state index in [2.05, 4.69) is 73.0 Å². The molecule has 0 saturated heterocycles. The molecule has 0 spiro atoms. The summed E-state index contributed by atoms with van der Waals surface area (Å²) in [5.41, 5.74) is 3.11. The van der Waals surface area contributed by atoms with Crippen LogP contribution in [0.4, 0.5) is 0 Å². The van der Waals surface area contributed by atoms with Crippen LogP contribution in [0.5, 0.6) is 0 Å². The smallest absolute Gasteiger partial charge is 0.0232 e. The van der Waals surface area contributed by atoms with E-state index in [9.17, 15) is 0 Å². The zero-order valence-electron chi connectivity index (χ0n) is 10.8. The Bertz CT molecular complexity index is 456. The zero-order chi connectivity index (χ0) is 12.4. The van der Waals surface area contributed by atoms with E-state index < -0.39 is 0 Å². The predicted octanol–water partition coefficient (Wildman–Crippen LogP) is 3.35. The average Bonchev–Trinajstić information content (AvgIpc) is 2.41. The van der Waals surface area contributed by atoms with Crippen LogP contribution in [0.2, 0.25) is 0 Å². The summed E-state index contributed by atoms with van der Waals surface area (Å²) in [7, 11) is 2.06. The van der Waals surface area contributed by atoms with Crippen LogP contribution in [0.15, 0.2) is 60.7 Å². The van der Waals surface area contributed by atoms with Crippen molar-refractivity contribution in [2.45, 2.75) is 24.3 Å². The lowest BCUT2D eigenvalue weighted by atomic mass is 9.58. The molecule has 3 rings (SSSR count).